The Morgan fingerprint density at radius 1 is 1.12 bits per heavy atom. The first-order valence-electron chi connectivity index (χ1n) is 10.8. The van der Waals surface area contributed by atoms with Crippen molar-refractivity contribution in [2.24, 2.45) is 0 Å². The molecule has 2 aromatic carbocycles. The Hall–Kier alpha value is -3.12. The number of nitrogens with one attached hydrogen (secondary N) is 1. The molecule has 7 heteroatoms. The third-order valence-corrected chi connectivity index (χ3v) is 5.83. The van der Waals surface area contributed by atoms with Crippen LogP contribution in [0.2, 0.25) is 5.02 Å². The third-order valence-electron chi connectivity index (χ3n) is 5.52. The van der Waals surface area contributed by atoms with Crippen LogP contribution in [0.1, 0.15) is 43.9 Å². The smallest absolute Gasteiger partial charge is 0.407 e. The van der Waals surface area contributed by atoms with Gasteiger partial charge >= 0.3 is 6.09 Å². The molecule has 1 aromatic heterocycles. The molecule has 6 nitrogen and oxygen atoms in total. The minimum Gasteiger partial charge on any atom is -0.465 e. The highest BCUT2D eigenvalue weighted by Gasteiger charge is 2.15. The van der Waals surface area contributed by atoms with E-state index in [0.717, 1.165) is 22.2 Å². The first-order valence-corrected chi connectivity index (χ1v) is 11.2. The number of aromatic nitrogens is 1. The summed E-state index contributed by atoms with van der Waals surface area (Å²) in [7, 11) is 0. The summed E-state index contributed by atoms with van der Waals surface area (Å²) in [4.78, 5) is 29.9. The SMILES string of the molecule is CCN(CCCc1ccc2c(NC(=O)C[C@@H](C)c3ccccc3)c(Cl)ccc2n1)C(=O)O. The fourth-order valence-electron chi connectivity index (χ4n) is 3.69. The first kappa shape index (κ1) is 23.5. The molecule has 0 aliphatic heterocycles. The molecular formula is C25H28ClN3O3. The molecule has 3 rings (SSSR count). The van der Waals surface area contributed by atoms with Crippen molar-refractivity contribution in [3.8, 4) is 0 Å². The van der Waals surface area contributed by atoms with Gasteiger partial charge in [-0.3, -0.25) is 9.78 Å². The van der Waals surface area contributed by atoms with Gasteiger partial charge in [0.1, 0.15) is 0 Å². The number of fused-ring (bicyclic) bond motifs is 1. The average molecular weight is 454 g/mol. The van der Waals surface area contributed by atoms with Crippen molar-refractivity contribution in [2.75, 3.05) is 18.4 Å². The Balaban J connectivity index is 1.70. The zero-order valence-electron chi connectivity index (χ0n) is 18.3. The van der Waals surface area contributed by atoms with Gasteiger partial charge in [-0.1, -0.05) is 48.9 Å². The highest BCUT2D eigenvalue weighted by molar-refractivity contribution is 6.35. The van der Waals surface area contributed by atoms with E-state index >= 15 is 0 Å². The second-order valence-electron chi connectivity index (χ2n) is 7.82. The number of hydrogen-bond donors (Lipinski definition) is 2. The Labute approximate surface area is 193 Å². The maximum absolute atomic E-state index is 12.7. The van der Waals surface area contributed by atoms with Crippen LogP contribution < -0.4 is 5.32 Å². The number of nitrogens with zero attached hydrogens (tertiary/aromatic N) is 2. The second-order valence-corrected chi connectivity index (χ2v) is 8.23. The van der Waals surface area contributed by atoms with E-state index < -0.39 is 6.09 Å². The van der Waals surface area contributed by atoms with Crippen LogP contribution in [0.4, 0.5) is 10.5 Å². The van der Waals surface area contributed by atoms with Crippen LogP contribution in [0.5, 0.6) is 0 Å². The lowest BCUT2D eigenvalue weighted by atomic mass is 9.97. The number of rotatable bonds is 9. The van der Waals surface area contributed by atoms with Crippen LogP contribution in [0, 0.1) is 0 Å². The maximum Gasteiger partial charge on any atom is 0.407 e. The largest absolute Gasteiger partial charge is 0.465 e. The molecule has 3 aromatic rings. The number of benzene rings is 2. The van der Waals surface area contributed by atoms with E-state index in [9.17, 15) is 9.59 Å². The van der Waals surface area contributed by atoms with Gasteiger partial charge in [-0.25, -0.2) is 4.79 Å². The lowest BCUT2D eigenvalue weighted by Crippen LogP contribution is -2.30. The van der Waals surface area contributed by atoms with Gasteiger partial charge in [0.2, 0.25) is 5.91 Å². The van der Waals surface area contributed by atoms with Crippen LogP contribution in [0.15, 0.2) is 54.6 Å². The highest BCUT2D eigenvalue weighted by atomic mass is 35.5. The first-order chi connectivity index (χ1) is 15.4. The number of carbonyl (C=O) groups is 2. The van der Waals surface area contributed by atoms with Crippen LogP contribution in [0.25, 0.3) is 10.9 Å². The molecular weight excluding hydrogens is 426 g/mol. The predicted octanol–water partition coefficient (Wildman–Crippen LogP) is 5.95. The molecule has 0 aliphatic carbocycles. The summed E-state index contributed by atoms with van der Waals surface area (Å²) in [5, 5.41) is 13.3. The molecule has 2 amide bonds. The van der Waals surface area contributed by atoms with E-state index in [2.05, 4.69) is 10.3 Å². The van der Waals surface area contributed by atoms with Crippen molar-refractivity contribution in [3.05, 3.63) is 70.9 Å². The molecule has 0 unspecified atom stereocenters. The van der Waals surface area contributed by atoms with Crippen molar-refractivity contribution in [2.45, 2.75) is 39.0 Å². The zero-order chi connectivity index (χ0) is 23.1. The summed E-state index contributed by atoms with van der Waals surface area (Å²) in [6.07, 6.45) is 0.793. The van der Waals surface area contributed by atoms with Crippen LogP contribution >= 0.6 is 11.6 Å². The van der Waals surface area contributed by atoms with Crippen molar-refractivity contribution in [1.82, 2.24) is 9.88 Å². The summed E-state index contributed by atoms with van der Waals surface area (Å²) in [5.41, 5.74) is 3.29. The van der Waals surface area contributed by atoms with Gasteiger partial charge in [-0.05, 0) is 55.5 Å². The quantitative estimate of drug-likeness (QED) is 0.419. The van der Waals surface area contributed by atoms with Gasteiger partial charge in [-0.15, -0.1) is 0 Å². The van der Waals surface area contributed by atoms with Gasteiger partial charge in [0, 0.05) is 30.6 Å². The lowest BCUT2D eigenvalue weighted by Gasteiger charge is -2.16. The number of halogens is 1. The maximum atomic E-state index is 12.7. The lowest BCUT2D eigenvalue weighted by molar-refractivity contribution is -0.116. The molecule has 2 N–H and O–H groups in total. The normalized spacial score (nSPS) is 11.8. The highest BCUT2D eigenvalue weighted by Crippen LogP contribution is 2.31. The number of pyridine rings is 1. The molecule has 1 heterocycles. The fraction of sp³-hybridized carbons (Fsp3) is 0.320. The van der Waals surface area contributed by atoms with Gasteiger partial charge in [0.05, 0.1) is 16.2 Å². The molecule has 0 saturated carbocycles. The van der Waals surface area contributed by atoms with E-state index in [1.54, 1.807) is 6.07 Å². The van der Waals surface area contributed by atoms with E-state index in [1.165, 1.54) is 4.90 Å². The molecule has 1 atom stereocenters. The molecule has 32 heavy (non-hydrogen) atoms. The predicted molar refractivity (Wildman–Crippen MR) is 128 cm³/mol. The second kappa shape index (κ2) is 11.0. The van der Waals surface area contributed by atoms with Crippen molar-refractivity contribution in [1.29, 1.82) is 0 Å². The number of anilines is 1. The third kappa shape index (κ3) is 5.98. The van der Waals surface area contributed by atoms with Crippen LogP contribution in [-0.4, -0.2) is 40.1 Å². The van der Waals surface area contributed by atoms with Crippen LogP contribution in [0.3, 0.4) is 0 Å². The van der Waals surface area contributed by atoms with E-state index in [4.69, 9.17) is 16.7 Å². The Bertz CT molecular complexity index is 1090. The summed E-state index contributed by atoms with van der Waals surface area (Å²) in [6.45, 7) is 4.78. The van der Waals surface area contributed by atoms with Gasteiger partial charge < -0.3 is 15.3 Å². The van der Waals surface area contributed by atoms with Crippen molar-refractivity contribution in [3.63, 3.8) is 0 Å². The topological polar surface area (TPSA) is 82.5 Å². The van der Waals surface area contributed by atoms with Gasteiger partial charge in [0.25, 0.3) is 0 Å². The molecule has 0 aliphatic rings. The number of carbonyl (C=O) groups excluding carboxylic acids is 1. The molecule has 168 valence electrons. The fourth-order valence-corrected chi connectivity index (χ4v) is 3.91. The van der Waals surface area contributed by atoms with E-state index in [-0.39, 0.29) is 11.8 Å². The van der Waals surface area contributed by atoms with E-state index in [0.29, 0.717) is 43.1 Å². The Morgan fingerprint density at radius 2 is 1.88 bits per heavy atom. The molecule has 0 fully saturated rings. The average Bonchev–Trinajstić information content (AvgIpc) is 2.79. The summed E-state index contributed by atoms with van der Waals surface area (Å²) in [5.74, 6) is -0.0173. The number of hydrogen-bond acceptors (Lipinski definition) is 3. The zero-order valence-corrected chi connectivity index (χ0v) is 19.1. The Morgan fingerprint density at radius 3 is 2.56 bits per heavy atom. The standard InChI is InChI=1S/C25H28ClN3O3/c1-3-29(25(31)32)15-7-10-19-11-12-20-22(27-19)14-13-21(26)24(20)28-23(30)16-17(2)18-8-5-4-6-9-18/h4-6,8-9,11-14,17H,3,7,10,15-16H2,1-2H3,(H,28,30)(H,31,32)/t17-/m1/s1. The molecule has 0 radical (unpaired) electrons. The van der Waals surface area contributed by atoms with Crippen LogP contribution in [-0.2, 0) is 11.2 Å². The van der Waals surface area contributed by atoms with E-state index in [1.807, 2.05) is 62.4 Å². The molecule has 0 saturated heterocycles. The number of aryl methyl sites for hydroxylation is 1. The summed E-state index contributed by atoms with van der Waals surface area (Å²) in [6, 6.07) is 17.3. The van der Waals surface area contributed by atoms with Crippen molar-refractivity contribution >= 4 is 40.2 Å². The summed E-state index contributed by atoms with van der Waals surface area (Å²) >= 11 is 6.40. The molecule has 0 bridgehead atoms. The minimum atomic E-state index is -0.907. The number of carboxylic acid groups (broad SMARTS) is 1. The van der Waals surface area contributed by atoms with Gasteiger partial charge in [-0.2, -0.15) is 0 Å². The Kier molecular flexibility index (Phi) is 8.06. The van der Waals surface area contributed by atoms with Gasteiger partial charge in [0.15, 0.2) is 0 Å². The number of amides is 2. The monoisotopic (exact) mass is 453 g/mol. The summed E-state index contributed by atoms with van der Waals surface area (Å²) < 4.78 is 0. The molecule has 0 spiro atoms. The van der Waals surface area contributed by atoms with Crippen molar-refractivity contribution < 1.29 is 14.7 Å². The minimum absolute atomic E-state index is 0.0863.